The first-order chi connectivity index (χ1) is 9.76. The van der Waals surface area contributed by atoms with Crippen LogP contribution in [0.25, 0.3) is 6.08 Å². The van der Waals surface area contributed by atoms with Crippen LogP contribution in [0.2, 0.25) is 0 Å². The maximum Gasteiger partial charge on any atom is 0.363 e. The lowest BCUT2D eigenvalue weighted by Gasteiger charge is -1.97. The van der Waals surface area contributed by atoms with Crippen molar-refractivity contribution in [2.45, 2.75) is 13.3 Å². The average Bonchev–Trinajstić information content (AvgIpc) is 3.10. The van der Waals surface area contributed by atoms with Gasteiger partial charge in [-0.05, 0) is 35.1 Å². The average molecular weight is 283 g/mol. The number of rotatable bonds is 3. The standard InChI is InChI=1S/C16H13NO2S/c1-2-11-5-7-12(8-6-11)10-13-16(18)19-15(17-13)14-4-3-9-20-14/h3-10H,2H2,1H3/b13-10+. The van der Waals surface area contributed by atoms with Crippen LogP contribution in [0.4, 0.5) is 0 Å². The number of benzene rings is 1. The maximum absolute atomic E-state index is 11.8. The molecule has 3 rings (SSSR count). The highest BCUT2D eigenvalue weighted by molar-refractivity contribution is 7.12. The van der Waals surface area contributed by atoms with Crippen molar-refractivity contribution in [1.82, 2.24) is 0 Å². The second kappa shape index (κ2) is 5.43. The van der Waals surface area contributed by atoms with Gasteiger partial charge in [0.2, 0.25) is 5.90 Å². The van der Waals surface area contributed by atoms with Gasteiger partial charge in [-0.3, -0.25) is 0 Å². The van der Waals surface area contributed by atoms with Crippen molar-refractivity contribution in [2.24, 2.45) is 4.99 Å². The number of nitrogens with zero attached hydrogens (tertiary/aromatic N) is 1. The van der Waals surface area contributed by atoms with Crippen LogP contribution in [0.1, 0.15) is 22.9 Å². The fourth-order valence-corrected chi connectivity index (χ4v) is 2.57. The number of aryl methyl sites for hydroxylation is 1. The molecule has 3 nitrogen and oxygen atoms in total. The van der Waals surface area contributed by atoms with E-state index in [2.05, 4.69) is 24.0 Å². The molecular formula is C16H13NO2S. The first kappa shape index (κ1) is 12.8. The van der Waals surface area contributed by atoms with Crippen LogP contribution in [0.5, 0.6) is 0 Å². The fourth-order valence-electron chi connectivity index (χ4n) is 1.92. The summed E-state index contributed by atoms with van der Waals surface area (Å²) in [7, 11) is 0. The lowest BCUT2D eigenvalue weighted by Crippen LogP contribution is -2.03. The Kier molecular flexibility index (Phi) is 3.48. The molecule has 0 saturated carbocycles. The maximum atomic E-state index is 11.8. The van der Waals surface area contributed by atoms with Gasteiger partial charge in [0.05, 0.1) is 4.88 Å². The molecule has 0 saturated heterocycles. The predicted molar refractivity (Wildman–Crippen MR) is 80.7 cm³/mol. The van der Waals surface area contributed by atoms with Gasteiger partial charge in [0.15, 0.2) is 5.70 Å². The zero-order valence-electron chi connectivity index (χ0n) is 11.0. The highest BCUT2D eigenvalue weighted by Crippen LogP contribution is 2.21. The summed E-state index contributed by atoms with van der Waals surface area (Å²) >= 11 is 1.50. The minimum Gasteiger partial charge on any atom is -0.401 e. The van der Waals surface area contributed by atoms with Crippen molar-refractivity contribution in [3.63, 3.8) is 0 Å². The highest BCUT2D eigenvalue weighted by Gasteiger charge is 2.24. The molecule has 0 atom stereocenters. The molecule has 1 aliphatic rings. The molecule has 1 aromatic carbocycles. The Balaban J connectivity index is 1.88. The SMILES string of the molecule is CCc1ccc(/C=C2/N=C(c3cccs3)OC2=O)cc1. The van der Waals surface area contributed by atoms with Gasteiger partial charge in [0.25, 0.3) is 0 Å². The fraction of sp³-hybridized carbons (Fsp3) is 0.125. The van der Waals surface area contributed by atoms with Crippen molar-refractivity contribution in [1.29, 1.82) is 0 Å². The van der Waals surface area contributed by atoms with E-state index < -0.39 is 5.97 Å². The normalized spacial score (nSPS) is 16.4. The van der Waals surface area contributed by atoms with Gasteiger partial charge in [0, 0.05) is 0 Å². The van der Waals surface area contributed by atoms with Gasteiger partial charge >= 0.3 is 5.97 Å². The molecule has 0 spiro atoms. The summed E-state index contributed by atoms with van der Waals surface area (Å²) in [5, 5.41) is 1.93. The molecule has 0 amide bonds. The van der Waals surface area contributed by atoms with E-state index in [0.717, 1.165) is 16.9 Å². The third-order valence-electron chi connectivity index (χ3n) is 3.04. The molecule has 2 heterocycles. The molecule has 1 aliphatic heterocycles. The monoisotopic (exact) mass is 283 g/mol. The van der Waals surface area contributed by atoms with Gasteiger partial charge < -0.3 is 4.74 Å². The van der Waals surface area contributed by atoms with Crippen LogP contribution < -0.4 is 0 Å². The minimum absolute atomic E-state index is 0.345. The summed E-state index contributed by atoms with van der Waals surface area (Å²) in [6, 6.07) is 11.9. The van der Waals surface area contributed by atoms with Crippen molar-refractivity contribution in [3.8, 4) is 0 Å². The Morgan fingerprint density at radius 1 is 1.25 bits per heavy atom. The Labute approximate surface area is 121 Å². The number of thiophene rings is 1. The quantitative estimate of drug-likeness (QED) is 0.637. The van der Waals surface area contributed by atoms with Crippen molar-refractivity contribution >= 4 is 29.3 Å². The van der Waals surface area contributed by atoms with E-state index in [4.69, 9.17) is 4.74 Å². The summed E-state index contributed by atoms with van der Waals surface area (Å²) in [4.78, 5) is 16.9. The number of cyclic esters (lactones) is 1. The summed E-state index contributed by atoms with van der Waals surface area (Å²) in [5.41, 5.74) is 2.56. The van der Waals surface area contributed by atoms with E-state index >= 15 is 0 Å². The van der Waals surface area contributed by atoms with Crippen LogP contribution in [-0.4, -0.2) is 11.9 Å². The van der Waals surface area contributed by atoms with Crippen molar-refractivity contribution in [3.05, 3.63) is 63.5 Å². The lowest BCUT2D eigenvalue weighted by molar-refractivity contribution is -0.129. The molecule has 0 radical (unpaired) electrons. The summed E-state index contributed by atoms with van der Waals surface area (Å²) in [6.45, 7) is 2.11. The summed E-state index contributed by atoms with van der Waals surface area (Å²) in [5.74, 6) is -0.00519. The number of hydrogen-bond donors (Lipinski definition) is 0. The van der Waals surface area contributed by atoms with E-state index in [1.807, 2.05) is 29.6 Å². The minimum atomic E-state index is -0.395. The van der Waals surface area contributed by atoms with E-state index in [-0.39, 0.29) is 0 Å². The number of esters is 1. The number of carbonyl (C=O) groups is 1. The Morgan fingerprint density at radius 2 is 2.05 bits per heavy atom. The number of ether oxygens (including phenoxy) is 1. The third kappa shape index (κ3) is 2.56. The van der Waals surface area contributed by atoms with Crippen molar-refractivity contribution in [2.75, 3.05) is 0 Å². The van der Waals surface area contributed by atoms with E-state index in [9.17, 15) is 4.79 Å². The first-order valence-electron chi connectivity index (χ1n) is 6.41. The molecule has 0 aliphatic carbocycles. The number of hydrogen-bond acceptors (Lipinski definition) is 4. The second-order valence-electron chi connectivity index (χ2n) is 4.41. The first-order valence-corrected chi connectivity index (χ1v) is 7.29. The van der Waals surface area contributed by atoms with Crippen molar-refractivity contribution < 1.29 is 9.53 Å². The molecule has 1 aromatic heterocycles. The summed E-state index contributed by atoms with van der Waals surface area (Å²) in [6.07, 6.45) is 2.75. The van der Waals surface area contributed by atoms with Gasteiger partial charge in [-0.25, -0.2) is 9.79 Å². The van der Waals surface area contributed by atoms with Gasteiger partial charge in [-0.1, -0.05) is 37.3 Å². The molecule has 0 N–H and O–H groups in total. The lowest BCUT2D eigenvalue weighted by atomic mass is 10.1. The van der Waals surface area contributed by atoms with Crippen LogP contribution in [0.3, 0.4) is 0 Å². The Hall–Kier alpha value is -2.20. The molecule has 0 fully saturated rings. The highest BCUT2D eigenvalue weighted by atomic mass is 32.1. The van der Waals surface area contributed by atoms with Gasteiger partial charge in [-0.15, -0.1) is 11.3 Å². The van der Waals surface area contributed by atoms with E-state index in [1.165, 1.54) is 16.9 Å². The van der Waals surface area contributed by atoms with Crippen LogP contribution in [0.15, 0.2) is 52.5 Å². The molecule has 0 unspecified atom stereocenters. The summed E-state index contributed by atoms with van der Waals surface area (Å²) < 4.78 is 5.19. The second-order valence-corrected chi connectivity index (χ2v) is 5.36. The zero-order valence-corrected chi connectivity index (χ0v) is 11.8. The molecule has 100 valence electrons. The third-order valence-corrected chi connectivity index (χ3v) is 3.90. The molecule has 2 aromatic rings. The zero-order chi connectivity index (χ0) is 13.9. The molecule has 0 bridgehead atoms. The van der Waals surface area contributed by atoms with E-state index in [0.29, 0.717) is 11.6 Å². The smallest absolute Gasteiger partial charge is 0.363 e. The Bertz CT molecular complexity index is 682. The topological polar surface area (TPSA) is 38.7 Å². The van der Waals surface area contributed by atoms with Crippen LogP contribution in [-0.2, 0) is 16.0 Å². The molecular weight excluding hydrogens is 270 g/mol. The van der Waals surface area contributed by atoms with Crippen LogP contribution in [0, 0.1) is 0 Å². The van der Waals surface area contributed by atoms with Crippen LogP contribution >= 0.6 is 11.3 Å². The Morgan fingerprint density at radius 3 is 2.70 bits per heavy atom. The number of carbonyl (C=O) groups excluding carboxylic acids is 1. The van der Waals surface area contributed by atoms with Gasteiger partial charge in [0.1, 0.15) is 0 Å². The van der Waals surface area contributed by atoms with Gasteiger partial charge in [-0.2, -0.15) is 0 Å². The largest absolute Gasteiger partial charge is 0.401 e. The van der Waals surface area contributed by atoms with E-state index in [1.54, 1.807) is 6.08 Å². The predicted octanol–water partition coefficient (Wildman–Crippen LogP) is 3.66. The molecule has 20 heavy (non-hydrogen) atoms. The molecule has 4 heteroatoms. The number of aliphatic imine (C=N–C) groups is 1.